The number of Topliss-reactive ketones (excluding diaryl/α,β-unsaturated/α-hetero) is 1. The van der Waals surface area contributed by atoms with Gasteiger partial charge < -0.3 is 20.6 Å². The van der Waals surface area contributed by atoms with Crippen molar-refractivity contribution in [3.8, 4) is 0 Å². The monoisotopic (exact) mass is 259 g/mol. The molecule has 0 aromatic carbocycles. The lowest BCUT2D eigenvalue weighted by Gasteiger charge is -2.16. The molecule has 0 spiro atoms. The van der Waals surface area contributed by atoms with Crippen LogP contribution in [-0.2, 0) is 9.59 Å². The lowest BCUT2D eigenvalue weighted by Crippen LogP contribution is -2.41. The molecule has 0 unspecified atom stereocenters. The Kier molecular flexibility index (Phi) is 6.07. The number of aliphatic hydroxyl groups is 3. The summed E-state index contributed by atoms with van der Waals surface area (Å²) in [7, 11) is 0. The average molecular weight is 259 g/mol. The van der Waals surface area contributed by atoms with Crippen LogP contribution in [-0.4, -0.2) is 58.5 Å². The van der Waals surface area contributed by atoms with Gasteiger partial charge in [0.2, 0.25) is 0 Å². The highest BCUT2D eigenvalue weighted by Gasteiger charge is 2.38. The molecule has 2 atom stereocenters. The summed E-state index contributed by atoms with van der Waals surface area (Å²) in [5, 5.41) is 27.9. The molecule has 0 aliphatic carbocycles. The van der Waals surface area contributed by atoms with Gasteiger partial charge in [-0.2, -0.15) is 13.2 Å². The smallest absolute Gasteiger partial charge is 0.390 e. The summed E-state index contributed by atoms with van der Waals surface area (Å²) >= 11 is 0. The fraction of sp³-hybridized carbons (Fsp3) is 0.750. The molecule has 0 aliphatic heterocycles. The van der Waals surface area contributed by atoms with Crippen LogP contribution in [0.15, 0.2) is 0 Å². The molecule has 0 radical (unpaired) electrons. The van der Waals surface area contributed by atoms with E-state index in [9.17, 15) is 22.8 Å². The van der Waals surface area contributed by atoms with Crippen molar-refractivity contribution in [2.45, 2.75) is 24.8 Å². The van der Waals surface area contributed by atoms with Crippen molar-refractivity contribution in [3.05, 3.63) is 0 Å². The van der Waals surface area contributed by atoms with Crippen LogP contribution in [0.3, 0.4) is 0 Å². The Balaban J connectivity index is 3.98. The van der Waals surface area contributed by atoms with Gasteiger partial charge in [-0.25, -0.2) is 0 Å². The minimum absolute atomic E-state index is 0.450. The van der Waals surface area contributed by atoms with Crippen molar-refractivity contribution in [1.82, 2.24) is 5.32 Å². The normalized spacial score (nSPS) is 15.2. The van der Waals surface area contributed by atoms with Gasteiger partial charge in [0, 0.05) is 6.54 Å². The summed E-state index contributed by atoms with van der Waals surface area (Å²) in [6.45, 7) is -1.55. The number of halogens is 3. The number of carbonyl (C=O) groups excluding carboxylic acids is 2. The molecular weight excluding hydrogens is 247 g/mol. The molecule has 0 aromatic heterocycles. The quantitative estimate of drug-likeness (QED) is 0.456. The lowest BCUT2D eigenvalue weighted by atomic mass is 10.1. The Hall–Kier alpha value is -1.19. The first-order chi connectivity index (χ1) is 7.70. The molecule has 0 fully saturated rings. The Morgan fingerprint density at radius 3 is 2.18 bits per heavy atom. The molecule has 9 heteroatoms. The summed E-state index contributed by atoms with van der Waals surface area (Å²) < 4.78 is 35.1. The molecule has 0 aromatic rings. The van der Waals surface area contributed by atoms with Gasteiger partial charge >= 0.3 is 12.1 Å². The van der Waals surface area contributed by atoms with Gasteiger partial charge in [-0.3, -0.25) is 9.59 Å². The number of hydrogen-bond acceptors (Lipinski definition) is 5. The second kappa shape index (κ2) is 6.52. The second-order valence-electron chi connectivity index (χ2n) is 3.18. The second-order valence-corrected chi connectivity index (χ2v) is 3.18. The first kappa shape index (κ1) is 15.8. The molecule has 0 saturated heterocycles. The fourth-order valence-electron chi connectivity index (χ4n) is 0.900. The van der Waals surface area contributed by atoms with Gasteiger partial charge in [0.25, 0.3) is 0 Å². The zero-order chi connectivity index (χ0) is 13.6. The van der Waals surface area contributed by atoms with Crippen molar-refractivity contribution in [2.75, 3.05) is 13.2 Å². The van der Waals surface area contributed by atoms with Crippen molar-refractivity contribution < 1.29 is 38.1 Å². The molecule has 6 nitrogen and oxygen atoms in total. The maximum atomic E-state index is 11.7. The van der Waals surface area contributed by atoms with E-state index in [0.29, 0.717) is 0 Å². The Morgan fingerprint density at radius 1 is 1.24 bits per heavy atom. The third kappa shape index (κ3) is 5.61. The summed E-state index contributed by atoms with van der Waals surface area (Å²) in [6, 6.07) is 0. The molecular formula is C8H12F3NO5. The standard InChI is InChI=1S/C8H12F3NO5/c9-8(10,11)7(17)12-2-1-4(14)6(16)5(15)3-13/h4,6,13-14,16H,1-3H2,(H,12,17)/t4-,6+/m1/s1. The van der Waals surface area contributed by atoms with E-state index >= 15 is 0 Å². The van der Waals surface area contributed by atoms with Crippen molar-refractivity contribution >= 4 is 11.7 Å². The molecule has 0 rings (SSSR count). The summed E-state index contributed by atoms with van der Waals surface area (Å²) in [5.74, 6) is -3.23. The predicted octanol–water partition coefficient (Wildman–Crippen LogP) is -1.66. The Bertz CT molecular complexity index is 281. The highest BCUT2D eigenvalue weighted by atomic mass is 19.4. The molecule has 4 N–H and O–H groups in total. The Labute approximate surface area is 94.0 Å². The molecule has 17 heavy (non-hydrogen) atoms. The van der Waals surface area contributed by atoms with Gasteiger partial charge in [-0.1, -0.05) is 0 Å². The van der Waals surface area contributed by atoms with Crippen LogP contribution in [0.1, 0.15) is 6.42 Å². The summed E-state index contributed by atoms with van der Waals surface area (Å²) in [4.78, 5) is 21.0. The van der Waals surface area contributed by atoms with Crippen LogP contribution in [0, 0.1) is 0 Å². The van der Waals surface area contributed by atoms with Crippen LogP contribution in [0.4, 0.5) is 13.2 Å². The number of aliphatic hydroxyl groups excluding tert-OH is 3. The third-order valence-corrected chi connectivity index (χ3v) is 1.83. The molecule has 0 bridgehead atoms. The number of nitrogens with one attached hydrogen (secondary N) is 1. The zero-order valence-corrected chi connectivity index (χ0v) is 8.57. The first-order valence-corrected chi connectivity index (χ1v) is 4.55. The van der Waals surface area contributed by atoms with Gasteiger partial charge in [0.15, 0.2) is 5.78 Å². The average Bonchev–Trinajstić information content (AvgIpc) is 2.25. The molecule has 0 aliphatic rings. The topological polar surface area (TPSA) is 107 Å². The number of alkyl halides is 3. The fourth-order valence-corrected chi connectivity index (χ4v) is 0.900. The van der Waals surface area contributed by atoms with Gasteiger partial charge in [0.1, 0.15) is 12.7 Å². The van der Waals surface area contributed by atoms with E-state index in [0.717, 1.165) is 0 Å². The number of amides is 1. The van der Waals surface area contributed by atoms with Crippen LogP contribution in [0.25, 0.3) is 0 Å². The van der Waals surface area contributed by atoms with Gasteiger partial charge in [0.05, 0.1) is 6.10 Å². The predicted molar refractivity (Wildman–Crippen MR) is 47.8 cm³/mol. The van der Waals surface area contributed by atoms with E-state index in [4.69, 9.17) is 15.3 Å². The number of ketones is 1. The number of hydrogen-bond donors (Lipinski definition) is 4. The summed E-state index contributed by atoms with van der Waals surface area (Å²) in [5.41, 5.74) is 0. The Morgan fingerprint density at radius 2 is 1.76 bits per heavy atom. The first-order valence-electron chi connectivity index (χ1n) is 4.55. The van der Waals surface area contributed by atoms with Crippen LogP contribution in [0.5, 0.6) is 0 Å². The minimum atomic E-state index is -5.02. The maximum Gasteiger partial charge on any atom is 0.471 e. The van der Waals surface area contributed by atoms with Crippen molar-refractivity contribution in [3.63, 3.8) is 0 Å². The van der Waals surface area contributed by atoms with E-state index in [1.807, 2.05) is 0 Å². The van der Waals surface area contributed by atoms with Crippen LogP contribution < -0.4 is 5.32 Å². The number of carbonyl (C=O) groups is 2. The highest BCUT2D eigenvalue weighted by Crippen LogP contribution is 2.14. The van der Waals surface area contributed by atoms with Crippen molar-refractivity contribution in [1.29, 1.82) is 0 Å². The SMILES string of the molecule is O=C(CO)[C@@H](O)[C@H](O)CCNC(=O)C(F)(F)F. The van der Waals surface area contributed by atoms with Crippen LogP contribution >= 0.6 is 0 Å². The van der Waals surface area contributed by atoms with E-state index in [-0.39, 0.29) is 0 Å². The maximum absolute atomic E-state index is 11.7. The van der Waals surface area contributed by atoms with Gasteiger partial charge in [-0.05, 0) is 6.42 Å². The van der Waals surface area contributed by atoms with E-state index in [2.05, 4.69) is 0 Å². The molecule has 0 saturated carbocycles. The van der Waals surface area contributed by atoms with Crippen molar-refractivity contribution in [2.24, 2.45) is 0 Å². The summed E-state index contributed by atoms with van der Waals surface area (Å²) in [6.07, 6.45) is -9.01. The van der Waals surface area contributed by atoms with Crippen LogP contribution in [0.2, 0.25) is 0 Å². The van der Waals surface area contributed by atoms with E-state index in [1.165, 1.54) is 5.32 Å². The van der Waals surface area contributed by atoms with E-state index < -0.39 is 49.6 Å². The highest BCUT2D eigenvalue weighted by molar-refractivity contribution is 5.84. The lowest BCUT2D eigenvalue weighted by molar-refractivity contribution is -0.173. The largest absolute Gasteiger partial charge is 0.471 e. The molecule has 1 amide bonds. The third-order valence-electron chi connectivity index (χ3n) is 1.83. The van der Waals surface area contributed by atoms with Gasteiger partial charge in [-0.15, -0.1) is 0 Å². The molecule has 100 valence electrons. The van der Waals surface area contributed by atoms with E-state index in [1.54, 1.807) is 0 Å². The minimum Gasteiger partial charge on any atom is -0.390 e. The zero-order valence-electron chi connectivity index (χ0n) is 8.57. The number of rotatable bonds is 6. The molecule has 0 heterocycles.